The van der Waals surface area contributed by atoms with Crippen molar-refractivity contribution < 1.29 is 22.8 Å². The fraction of sp³-hybridized carbons (Fsp3) is 0.500. The molecular formula is C24H29F3N6O2. The lowest BCUT2D eigenvalue weighted by molar-refractivity contribution is -0.138. The van der Waals surface area contributed by atoms with E-state index in [1.54, 1.807) is 6.07 Å². The van der Waals surface area contributed by atoms with Gasteiger partial charge in [-0.3, -0.25) is 14.7 Å². The van der Waals surface area contributed by atoms with E-state index in [2.05, 4.69) is 26.9 Å². The number of H-pyrrole nitrogens is 1. The SMILES string of the molecule is N#CCC1CCC(NCc2ccccc2C(F)(F)F)CC1.NC(=O)c1cn[nH]c1NC(=O)C1CC1. The molecule has 1 aromatic carbocycles. The number of benzene rings is 1. The summed E-state index contributed by atoms with van der Waals surface area (Å²) in [7, 11) is 0. The van der Waals surface area contributed by atoms with Crippen LogP contribution in [0.15, 0.2) is 30.5 Å². The summed E-state index contributed by atoms with van der Waals surface area (Å²) in [5.74, 6) is 0.130. The van der Waals surface area contributed by atoms with Crippen molar-refractivity contribution in [2.75, 3.05) is 5.32 Å². The molecule has 5 N–H and O–H groups in total. The molecule has 2 aliphatic rings. The molecule has 0 aliphatic heterocycles. The van der Waals surface area contributed by atoms with Gasteiger partial charge in [0.2, 0.25) is 5.91 Å². The zero-order valence-corrected chi connectivity index (χ0v) is 19.2. The highest BCUT2D eigenvalue weighted by Crippen LogP contribution is 2.32. The molecule has 0 bridgehead atoms. The summed E-state index contributed by atoms with van der Waals surface area (Å²) >= 11 is 0. The van der Waals surface area contributed by atoms with E-state index in [0.29, 0.717) is 17.9 Å². The van der Waals surface area contributed by atoms with Crippen LogP contribution in [0.2, 0.25) is 0 Å². The lowest BCUT2D eigenvalue weighted by Crippen LogP contribution is -2.33. The molecule has 2 saturated carbocycles. The minimum Gasteiger partial charge on any atom is -0.365 e. The minimum atomic E-state index is -4.30. The Labute approximate surface area is 201 Å². The third-order valence-electron chi connectivity index (χ3n) is 6.23. The highest BCUT2D eigenvalue weighted by Gasteiger charge is 2.33. The first-order valence-corrected chi connectivity index (χ1v) is 11.6. The van der Waals surface area contributed by atoms with E-state index in [-0.39, 0.29) is 35.8 Å². The van der Waals surface area contributed by atoms with E-state index in [0.717, 1.165) is 44.6 Å². The quantitative estimate of drug-likeness (QED) is 0.463. The molecule has 35 heavy (non-hydrogen) atoms. The molecule has 188 valence electrons. The average Bonchev–Trinajstić information content (AvgIpc) is 3.58. The molecule has 0 spiro atoms. The summed E-state index contributed by atoms with van der Waals surface area (Å²) < 4.78 is 38.7. The molecule has 0 atom stereocenters. The Morgan fingerprint density at radius 2 is 1.83 bits per heavy atom. The highest BCUT2D eigenvalue weighted by atomic mass is 19.4. The van der Waals surface area contributed by atoms with Gasteiger partial charge in [-0.1, -0.05) is 18.2 Å². The predicted molar refractivity (Wildman–Crippen MR) is 123 cm³/mol. The number of aromatic amines is 1. The number of rotatable bonds is 7. The van der Waals surface area contributed by atoms with Gasteiger partial charge in [0, 0.05) is 24.9 Å². The number of nitrogens with one attached hydrogen (secondary N) is 3. The van der Waals surface area contributed by atoms with Crippen molar-refractivity contribution in [2.45, 2.75) is 63.7 Å². The number of hydrogen-bond donors (Lipinski definition) is 4. The number of amides is 2. The fourth-order valence-corrected chi connectivity index (χ4v) is 4.04. The van der Waals surface area contributed by atoms with Gasteiger partial charge in [0.05, 0.1) is 17.8 Å². The third-order valence-corrected chi connectivity index (χ3v) is 6.23. The standard InChI is InChI=1S/C16H19F3N2.C8H10N4O2/c17-16(18,19)15-4-2-1-3-13(15)11-21-14-7-5-12(6-8-14)9-10-20;9-6(13)5-3-10-12-7(5)11-8(14)4-1-2-4/h1-4,12,14,21H,5-9,11H2;3-4H,1-2H2,(H2,9,13)(H2,10,11,12,14). The number of hydrogen-bond acceptors (Lipinski definition) is 5. The fourth-order valence-electron chi connectivity index (χ4n) is 4.04. The van der Waals surface area contributed by atoms with Crippen molar-refractivity contribution in [3.63, 3.8) is 0 Å². The Morgan fingerprint density at radius 1 is 1.14 bits per heavy atom. The number of nitrogens with zero attached hydrogens (tertiary/aromatic N) is 2. The number of alkyl halides is 3. The van der Waals surface area contributed by atoms with E-state index in [9.17, 15) is 22.8 Å². The smallest absolute Gasteiger partial charge is 0.365 e. The lowest BCUT2D eigenvalue weighted by Gasteiger charge is -2.28. The molecule has 2 aliphatic carbocycles. The number of carbonyl (C=O) groups excluding carboxylic acids is 2. The second-order valence-electron chi connectivity index (χ2n) is 8.90. The first-order chi connectivity index (χ1) is 16.7. The Hall–Kier alpha value is -3.39. The molecule has 0 unspecified atom stereocenters. The average molecular weight is 491 g/mol. The molecule has 0 saturated heterocycles. The second kappa shape index (κ2) is 11.8. The van der Waals surface area contributed by atoms with Gasteiger partial charge in [0.1, 0.15) is 11.4 Å². The highest BCUT2D eigenvalue weighted by molar-refractivity contribution is 6.02. The summed E-state index contributed by atoms with van der Waals surface area (Å²) in [6, 6.07) is 8.14. The van der Waals surface area contributed by atoms with Gasteiger partial charge in [-0.25, -0.2) is 0 Å². The van der Waals surface area contributed by atoms with Gasteiger partial charge < -0.3 is 16.4 Å². The van der Waals surface area contributed by atoms with Gasteiger partial charge in [0.15, 0.2) is 0 Å². The normalized spacial score (nSPS) is 19.7. The molecular weight excluding hydrogens is 461 g/mol. The summed E-state index contributed by atoms with van der Waals surface area (Å²) in [4.78, 5) is 22.2. The molecule has 4 rings (SSSR count). The monoisotopic (exact) mass is 490 g/mol. The zero-order valence-electron chi connectivity index (χ0n) is 19.2. The van der Waals surface area contributed by atoms with E-state index < -0.39 is 17.6 Å². The first-order valence-electron chi connectivity index (χ1n) is 11.6. The number of aromatic nitrogens is 2. The van der Waals surface area contributed by atoms with Crippen LogP contribution in [0.5, 0.6) is 0 Å². The maximum Gasteiger partial charge on any atom is 0.416 e. The van der Waals surface area contributed by atoms with Gasteiger partial charge in [0.25, 0.3) is 5.91 Å². The second-order valence-corrected chi connectivity index (χ2v) is 8.90. The molecule has 2 fully saturated rings. The maximum absolute atomic E-state index is 12.9. The van der Waals surface area contributed by atoms with E-state index in [1.807, 2.05) is 0 Å². The van der Waals surface area contributed by atoms with Crippen LogP contribution in [0.25, 0.3) is 0 Å². The van der Waals surface area contributed by atoms with E-state index in [4.69, 9.17) is 11.0 Å². The van der Waals surface area contributed by atoms with Crippen LogP contribution < -0.4 is 16.4 Å². The van der Waals surface area contributed by atoms with Crippen LogP contribution in [0.1, 0.15) is 66.4 Å². The molecule has 1 heterocycles. The zero-order chi connectivity index (χ0) is 25.4. The summed E-state index contributed by atoms with van der Waals surface area (Å²) in [5.41, 5.74) is 5.02. The first kappa shape index (κ1) is 26.2. The van der Waals surface area contributed by atoms with Crippen LogP contribution in [0, 0.1) is 23.2 Å². The Bertz CT molecular complexity index is 1050. The van der Waals surface area contributed by atoms with Crippen LogP contribution in [0.4, 0.5) is 19.0 Å². The molecule has 1 aromatic heterocycles. The van der Waals surface area contributed by atoms with Crippen molar-refractivity contribution in [1.82, 2.24) is 15.5 Å². The van der Waals surface area contributed by atoms with Crippen LogP contribution in [0.3, 0.4) is 0 Å². The summed E-state index contributed by atoms with van der Waals surface area (Å²) in [6.07, 6.45) is 3.22. The van der Waals surface area contributed by atoms with Gasteiger partial charge in [-0.15, -0.1) is 0 Å². The number of carbonyl (C=O) groups is 2. The van der Waals surface area contributed by atoms with Gasteiger partial charge in [-0.2, -0.15) is 23.5 Å². The topological polar surface area (TPSA) is 137 Å². The molecule has 8 nitrogen and oxygen atoms in total. The Morgan fingerprint density at radius 3 is 2.43 bits per heavy atom. The lowest BCUT2D eigenvalue weighted by atomic mass is 9.84. The molecule has 11 heteroatoms. The van der Waals surface area contributed by atoms with Crippen LogP contribution in [-0.4, -0.2) is 28.1 Å². The summed E-state index contributed by atoms with van der Waals surface area (Å²) in [5, 5.41) is 20.6. The van der Waals surface area contributed by atoms with Crippen LogP contribution >= 0.6 is 0 Å². The van der Waals surface area contributed by atoms with E-state index >= 15 is 0 Å². The number of anilines is 1. The maximum atomic E-state index is 12.9. The van der Waals surface area contributed by atoms with Crippen molar-refractivity contribution >= 4 is 17.6 Å². The van der Waals surface area contributed by atoms with E-state index in [1.165, 1.54) is 18.3 Å². The Balaban J connectivity index is 0.000000211. The number of primary amides is 1. The molecule has 2 aromatic rings. The number of nitrogens with two attached hydrogens (primary N) is 1. The largest absolute Gasteiger partial charge is 0.416 e. The minimum absolute atomic E-state index is 0.0824. The molecule has 0 radical (unpaired) electrons. The van der Waals surface area contributed by atoms with Crippen molar-refractivity contribution in [3.8, 4) is 6.07 Å². The Kier molecular flexibility index (Phi) is 8.87. The van der Waals surface area contributed by atoms with Crippen molar-refractivity contribution in [1.29, 1.82) is 5.26 Å². The number of halogens is 3. The van der Waals surface area contributed by atoms with Crippen molar-refractivity contribution in [2.24, 2.45) is 17.6 Å². The number of nitriles is 1. The third kappa shape index (κ3) is 7.82. The van der Waals surface area contributed by atoms with Gasteiger partial charge in [-0.05, 0) is 56.1 Å². The molecule has 2 amide bonds. The van der Waals surface area contributed by atoms with Gasteiger partial charge >= 0.3 is 6.18 Å². The van der Waals surface area contributed by atoms with Crippen molar-refractivity contribution in [3.05, 3.63) is 47.2 Å². The van der Waals surface area contributed by atoms with Crippen LogP contribution in [-0.2, 0) is 17.5 Å². The predicted octanol–water partition coefficient (Wildman–Crippen LogP) is 4.12. The summed E-state index contributed by atoms with van der Waals surface area (Å²) in [6.45, 7) is 0.239.